The van der Waals surface area contributed by atoms with Crippen LogP contribution < -0.4 is 10.5 Å². The quantitative estimate of drug-likeness (QED) is 0.872. The van der Waals surface area contributed by atoms with Gasteiger partial charge in [-0.1, -0.05) is 12.1 Å². The summed E-state index contributed by atoms with van der Waals surface area (Å²) in [6, 6.07) is 7.66. The average molecular weight is 264 g/mol. The standard InChI is InChI=1S/C14H20N2O3/c1-16(13(17)14(15)6-7-19-10-14)9-11-4-3-5-12(8-11)18-2/h3-5,8H,6-7,9-10,15H2,1-2H3. The number of carbonyl (C=O) groups is 1. The van der Waals surface area contributed by atoms with Crippen LogP contribution in [0.25, 0.3) is 0 Å². The maximum Gasteiger partial charge on any atom is 0.245 e. The monoisotopic (exact) mass is 264 g/mol. The van der Waals surface area contributed by atoms with Crippen molar-refractivity contribution in [1.82, 2.24) is 4.90 Å². The largest absolute Gasteiger partial charge is 0.497 e. The molecule has 1 aromatic carbocycles. The third-order valence-corrected chi connectivity index (χ3v) is 3.38. The lowest BCUT2D eigenvalue weighted by molar-refractivity contribution is -0.136. The van der Waals surface area contributed by atoms with Crippen LogP contribution in [-0.4, -0.2) is 43.7 Å². The van der Waals surface area contributed by atoms with Gasteiger partial charge in [0.1, 0.15) is 11.3 Å². The molecular weight excluding hydrogens is 244 g/mol. The van der Waals surface area contributed by atoms with Crippen molar-refractivity contribution in [3.05, 3.63) is 29.8 Å². The van der Waals surface area contributed by atoms with Gasteiger partial charge in [-0.3, -0.25) is 4.79 Å². The number of benzene rings is 1. The van der Waals surface area contributed by atoms with Crippen LogP contribution in [0, 0.1) is 0 Å². The molecule has 0 radical (unpaired) electrons. The second kappa shape index (κ2) is 5.59. The van der Waals surface area contributed by atoms with Gasteiger partial charge in [-0.15, -0.1) is 0 Å². The van der Waals surface area contributed by atoms with Gasteiger partial charge < -0.3 is 20.1 Å². The van der Waals surface area contributed by atoms with Crippen molar-refractivity contribution in [1.29, 1.82) is 0 Å². The summed E-state index contributed by atoms with van der Waals surface area (Å²) >= 11 is 0. The van der Waals surface area contributed by atoms with Gasteiger partial charge in [-0.2, -0.15) is 0 Å². The Hall–Kier alpha value is -1.59. The lowest BCUT2D eigenvalue weighted by atomic mass is 9.98. The van der Waals surface area contributed by atoms with E-state index in [0.29, 0.717) is 26.2 Å². The Morgan fingerprint density at radius 1 is 1.58 bits per heavy atom. The highest BCUT2D eigenvalue weighted by atomic mass is 16.5. The zero-order valence-electron chi connectivity index (χ0n) is 11.4. The van der Waals surface area contributed by atoms with Crippen LogP contribution >= 0.6 is 0 Å². The lowest BCUT2D eigenvalue weighted by Gasteiger charge is -2.27. The Balaban J connectivity index is 2.03. The molecule has 104 valence electrons. The Morgan fingerprint density at radius 3 is 3.00 bits per heavy atom. The molecule has 1 amide bonds. The molecule has 1 saturated heterocycles. The number of likely N-dealkylation sites (N-methyl/N-ethyl adjacent to an activating group) is 1. The molecule has 0 spiro atoms. The number of hydrogen-bond acceptors (Lipinski definition) is 4. The minimum Gasteiger partial charge on any atom is -0.497 e. The number of amides is 1. The molecule has 1 fully saturated rings. The van der Waals surface area contributed by atoms with Crippen molar-refractivity contribution in [2.24, 2.45) is 5.73 Å². The Kier molecular flexibility index (Phi) is 4.07. The highest BCUT2D eigenvalue weighted by molar-refractivity contribution is 5.86. The summed E-state index contributed by atoms with van der Waals surface area (Å²) in [7, 11) is 3.38. The summed E-state index contributed by atoms with van der Waals surface area (Å²) in [6.07, 6.45) is 0.578. The second-order valence-corrected chi connectivity index (χ2v) is 4.97. The Bertz CT molecular complexity index is 456. The average Bonchev–Trinajstić information content (AvgIpc) is 2.86. The molecule has 0 bridgehead atoms. The first-order valence-electron chi connectivity index (χ1n) is 6.30. The van der Waals surface area contributed by atoms with Crippen molar-refractivity contribution >= 4 is 5.91 Å². The van der Waals surface area contributed by atoms with E-state index in [4.69, 9.17) is 15.2 Å². The molecule has 5 heteroatoms. The normalized spacial score (nSPS) is 22.3. The molecule has 2 rings (SSSR count). The zero-order chi connectivity index (χ0) is 13.9. The predicted octanol–water partition coefficient (Wildman–Crippen LogP) is 0.771. The predicted molar refractivity (Wildman–Crippen MR) is 71.8 cm³/mol. The minimum absolute atomic E-state index is 0.0761. The molecular formula is C14H20N2O3. The van der Waals surface area contributed by atoms with E-state index in [-0.39, 0.29) is 5.91 Å². The smallest absolute Gasteiger partial charge is 0.245 e. The number of rotatable bonds is 4. The number of carbonyl (C=O) groups excluding carboxylic acids is 1. The van der Waals surface area contributed by atoms with Gasteiger partial charge in [-0.05, 0) is 24.1 Å². The molecule has 19 heavy (non-hydrogen) atoms. The fraction of sp³-hybridized carbons (Fsp3) is 0.500. The molecule has 5 nitrogen and oxygen atoms in total. The van der Waals surface area contributed by atoms with Crippen LogP contribution in [0.4, 0.5) is 0 Å². The number of hydrogen-bond donors (Lipinski definition) is 1. The Morgan fingerprint density at radius 2 is 2.37 bits per heavy atom. The van der Waals surface area contributed by atoms with Gasteiger partial charge >= 0.3 is 0 Å². The van der Waals surface area contributed by atoms with E-state index in [9.17, 15) is 4.79 Å². The van der Waals surface area contributed by atoms with E-state index in [1.807, 2.05) is 24.3 Å². The summed E-state index contributed by atoms with van der Waals surface area (Å²) in [5.41, 5.74) is 6.22. The molecule has 1 unspecified atom stereocenters. The fourth-order valence-corrected chi connectivity index (χ4v) is 2.25. The first-order chi connectivity index (χ1) is 9.05. The lowest BCUT2D eigenvalue weighted by Crippen LogP contribution is -2.54. The molecule has 1 aromatic rings. The van der Waals surface area contributed by atoms with E-state index >= 15 is 0 Å². The first kappa shape index (κ1) is 13.8. The van der Waals surface area contributed by atoms with Crippen LogP contribution in [0.1, 0.15) is 12.0 Å². The van der Waals surface area contributed by atoms with Crippen molar-refractivity contribution in [3.63, 3.8) is 0 Å². The van der Waals surface area contributed by atoms with E-state index in [1.165, 1.54) is 0 Å². The van der Waals surface area contributed by atoms with Gasteiger partial charge in [-0.25, -0.2) is 0 Å². The molecule has 1 aliphatic rings. The van der Waals surface area contributed by atoms with Crippen LogP contribution in [0.2, 0.25) is 0 Å². The fourth-order valence-electron chi connectivity index (χ4n) is 2.25. The molecule has 1 heterocycles. The molecule has 0 saturated carbocycles. The molecule has 0 aliphatic carbocycles. The summed E-state index contributed by atoms with van der Waals surface area (Å²) < 4.78 is 10.4. The van der Waals surface area contributed by atoms with Crippen molar-refractivity contribution in [2.75, 3.05) is 27.4 Å². The molecule has 1 atom stereocenters. The van der Waals surface area contributed by atoms with Crippen molar-refractivity contribution in [3.8, 4) is 5.75 Å². The summed E-state index contributed by atoms with van der Waals surface area (Å²) in [5, 5.41) is 0. The van der Waals surface area contributed by atoms with Gasteiger partial charge in [0.2, 0.25) is 5.91 Å². The van der Waals surface area contributed by atoms with Crippen molar-refractivity contribution in [2.45, 2.75) is 18.5 Å². The minimum atomic E-state index is -0.867. The zero-order valence-corrected chi connectivity index (χ0v) is 11.4. The third kappa shape index (κ3) is 3.05. The number of nitrogens with two attached hydrogens (primary N) is 1. The third-order valence-electron chi connectivity index (χ3n) is 3.38. The summed E-state index contributed by atoms with van der Waals surface area (Å²) in [6.45, 7) is 1.36. The van der Waals surface area contributed by atoms with Gasteiger partial charge in [0.25, 0.3) is 0 Å². The number of methoxy groups -OCH3 is 1. The van der Waals surface area contributed by atoms with E-state index in [1.54, 1.807) is 19.1 Å². The SMILES string of the molecule is COc1cccc(CN(C)C(=O)C2(N)CCOC2)c1. The van der Waals surface area contributed by atoms with Gasteiger partial charge in [0.15, 0.2) is 0 Å². The van der Waals surface area contributed by atoms with E-state index in [0.717, 1.165) is 11.3 Å². The Labute approximate surface area is 113 Å². The number of nitrogens with zero attached hydrogens (tertiary/aromatic N) is 1. The second-order valence-electron chi connectivity index (χ2n) is 4.97. The molecule has 2 N–H and O–H groups in total. The summed E-state index contributed by atoms with van der Waals surface area (Å²) in [4.78, 5) is 14.0. The van der Waals surface area contributed by atoms with Gasteiger partial charge in [0.05, 0.1) is 13.7 Å². The van der Waals surface area contributed by atoms with Gasteiger partial charge in [0, 0.05) is 20.2 Å². The van der Waals surface area contributed by atoms with E-state index < -0.39 is 5.54 Å². The molecule has 0 aromatic heterocycles. The topological polar surface area (TPSA) is 64.8 Å². The van der Waals surface area contributed by atoms with Crippen LogP contribution in [0.3, 0.4) is 0 Å². The first-order valence-corrected chi connectivity index (χ1v) is 6.30. The highest BCUT2D eigenvalue weighted by Crippen LogP contribution is 2.20. The van der Waals surface area contributed by atoms with Crippen LogP contribution in [0.15, 0.2) is 24.3 Å². The van der Waals surface area contributed by atoms with E-state index in [2.05, 4.69) is 0 Å². The number of ether oxygens (including phenoxy) is 2. The summed E-state index contributed by atoms with van der Waals surface area (Å²) in [5.74, 6) is 0.706. The maximum atomic E-state index is 12.3. The molecule has 1 aliphatic heterocycles. The highest BCUT2D eigenvalue weighted by Gasteiger charge is 2.40. The maximum absolute atomic E-state index is 12.3. The van der Waals surface area contributed by atoms with Crippen LogP contribution in [0.5, 0.6) is 5.75 Å². The van der Waals surface area contributed by atoms with Crippen molar-refractivity contribution < 1.29 is 14.3 Å². The van der Waals surface area contributed by atoms with Crippen LogP contribution in [-0.2, 0) is 16.1 Å².